The van der Waals surface area contributed by atoms with Crippen LogP contribution in [0.3, 0.4) is 0 Å². The molecule has 4 bridgehead atoms. The molecule has 1 aliphatic heterocycles. The first-order chi connectivity index (χ1) is 12.1. The van der Waals surface area contributed by atoms with Gasteiger partial charge in [-0.25, -0.2) is 0 Å². The summed E-state index contributed by atoms with van der Waals surface area (Å²) in [6.07, 6.45) is 3.03. The van der Waals surface area contributed by atoms with Gasteiger partial charge in [-0.3, -0.25) is 9.59 Å². The highest BCUT2D eigenvalue weighted by molar-refractivity contribution is 5.89. The van der Waals surface area contributed by atoms with E-state index in [1.165, 1.54) is 38.5 Å². The maximum Gasteiger partial charge on any atom is 0.406 e. The Morgan fingerprint density at radius 2 is 1.69 bits per heavy atom. The fourth-order valence-electron chi connectivity index (χ4n) is 6.68. The Bertz CT molecular complexity index is 569. The van der Waals surface area contributed by atoms with Crippen molar-refractivity contribution in [3.63, 3.8) is 0 Å². The molecule has 146 valence electrons. The lowest BCUT2D eigenvalue weighted by atomic mass is 9.49. The van der Waals surface area contributed by atoms with Crippen LogP contribution in [-0.2, 0) is 9.59 Å². The van der Waals surface area contributed by atoms with E-state index < -0.39 is 24.5 Å². The van der Waals surface area contributed by atoms with Crippen LogP contribution in [0.5, 0.6) is 0 Å². The number of likely N-dealkylation sites (tertiary alicyclic amines) is 1. The molecule has 7 heteroatoms. The van der Waals surface area contributed by atoms with E-state index in [9.17, 15) is 22.8 Å². The number of hydrogen-bond donors (Lipinski definition) is 0. The first-order valence-corrected chi connectivity index (χ1v) is 9.72. The van der Waals surface area contributed by atoms with E-state index in [0.29, 0.717) is 6.54 Å². The van der Waals surface area contributed by atoms with Gasteiger partial charge in [-0.2, -0.15) is 13.2 Å². The molecule has 1 unspecified atom stereocenters. The van der Waals surface area contributed by atoms with Crippen molar-refractivity contribution in [2.24, 2.45) is 29.1 Å². The Morgan fingerprint density at radius 1 is 1.15 bits per heavy atom. The number of amides is 2. The first kappa shape index (κ1) is 18.1. The third-order valence-corrected chi connectivity index (χ3v) is 7.05. The minimum atomic E-state index is -4.42. The standard InChI is InChI=1S/C19H27F3N2O2/c1-23(10-18-6-12-2-13(7-18)4-14(3-12)8-18)17(26)15-5-16(25)24(9-15)11-19(20,21)22/h12-15H,2-11H2,1H3. The molecule has 2 amide bonds. The Hall–Kier alpha value is -1.27. The average Bonchev–Trinajstić information content (AvgIpc) is 2.83. The molecule has 0 spiro atoms. The third kappa shape index (κ3) is 3.46. The summed E-state index contributed by atoms with van der Waals surface area (Å²) in [5.74, 6) is 1.01. The summed E-state index contributed by atoms with van der Waals surface area (Å²) in [4.78, 5) is 27.1. The van der Waals surface area contributed by atoms with Crippen molar-refractivity contribution in [1.82, 2.24) is 9.80 Å². The number of halogens is 3. The lowest BCUT2D eigenvalue weighted by Crippen LogP contribution is -2.52. The van der Waals surface area contributed by atoms with Gasteiger partial charge in [-0.1, -0.05) is 0 Å². The number of alkyl halides is 3. The van der Waals surface area contributed by atoms with Gasteiger partial charge in [-0.15, -0.1) is 0 Å². The molecule has 5 fully saturated rings. The van der Waals surface area contributed by atoms with Crippen molar-refractivity contribution in [2.45, 2.75) is 51.1 Å². The van der Waals surface area contributed by atoms with Gasteiger partial charge in [0.2, 0.25) is 11.8 Å². The fraction of sp³-hybridized carbons (Fsp3) is 0.895. The highest BCUT2D eigenvalue weighted by Gasteiger charge is 2.52. The molecule has 5 aliphatic rings. The highest BCUT2D eigenvalue weighted by atomic mass is 19.4. The normalized spacial score (nSPS) is 38.9. The zero-order valence-electron chi connectivity index (χ0n) is 15.2. The number of carbonyl (C=O) groups excluding carboxylic acids is 2. The Kier molecular flexibility index (Phi) is 4.27. The lowest BCUT2D eigenvalue weighted by molar-refractivity contribution is -0.157. The summed E-state index contributed by atoms with van der Waals surface area (Å²) in [6, 6.07) is 0. The number of nitrogens with zero attached hydrogens (tertiary/aromatic N) is 2. The van der Waals surface area contributed by atoms with Gasteiger partial charge in [-0.05, 0) is 61.7 Å². The SMILES string of the molecule is CN(CC12CC3CC(CC(C3)C1)C2)C(=O)C1CC(=O)N(CC(F)(F)F)C1. The van der Waals surface area contributed by atoms with Crippen LogP contribution in [0.2, 0.25) is 0 Å². The van der Waals surface area contributed by atoms with Gasteiger partial charge in [0.25, 0.3) is 0 Å². The van der Waals surface area contributed by atoms with Crippen LogP contribution in [0, 0.1) is 29.1 Å². The molecule has 0 aromatic heterocycles. The van der Waals surface area contributed by atoms with Crippen LogP contribution in [0.4, 0.5) is 13.2 Å². The maximum atomic E-state index is 12.8. The molecule has 0 aromatic rings. The van der Waals surface area contributed by atoms with E-state index >= 15 is 0 Å². The highest BCUT2D eigenvalue weighted by Crippen LogP contribution is 2.60. The van der Waals surface area contributed by atoms with Gasteiger partial charge in [0.1, 0.15) is 6.54 Å². The Morgan fingerprint density at radius 3 is 2.19 bits per heavy atom. The topological polar surface area (TPSA) is 40.6 Å². The molecule has 1 atom stereocenters. The van der Waals surface area contributed by atoms with E-state index in [1.54, 1.807) is 11.9 Å². The largest absolute Gasteiger partial charge is 0.406 e. The second-order valence-corrected chi connectivity index (χ2v) is 9.40. The van der Waals surface area contributed by atoms with E-state index in [4.69, 9.17) is 0 Å². The van der Waals surface area contributed by atoms with E-state index in [-0.39, 0.29) is 24.3 Å². The van der Waals surface area contributed by atoms with Crippen molar-refractivity contribution >= 4 is 11.8 Å². The van der Waals surface area contributed by atoms with Crippen LogP contribution in [-0.4, -0.2) is 54.5 Å². The van der Waals surface area contributed by atoms with Crippen LogP contribution in [0.1, 0.15) is 44.9 Å². The zero-order chi connectivity index (χ0) is 18.7. The van der Waals surface area contributed by atoms with Gasteiger partial charge < -0.3 is 9.80 Å². The molecule has 0 radical (unpaired) electrons. The zero-order valence-corrected chi connectivity index (χ0v) is 15.2. The average molecular weight is 372 g/mol. The van der Waals surface area contributed by atoms with Gasteiger partial charge in [0.15, 0.2) is 0 Å². The summed E-state index contributed by atoms with van der Waals surface area (Å²) in [6.45, 7) is -0.671. The predicted octanol–water partition coefficient (Wildman–Crippen LogP) is 3.07. The molecule has 4 saturated carbocycles. The summed E-state index contributed by atoms with van der Waals surface area (Å²) in [5, 5.41) is 0. The summed E-state index contributed by atoms with van der Waals surface area (Å²) in [7, 11) is 1.76. The molecule has 1 heterocycles. The smallest absolute Gasteiger partial charge is 0.345 e. The molecular weight excluding hydrogens is 345 g/mol. The second-order valence-electron chi connectivity index (χ2n) is 9.40. The van der Waals surface area contributed by atoms with Crippen molar-refractivity contribution in [1.29, 1.82) is 0 Å². The van der Waals surface area contributed by atoms with Crippen molar-refractivity contribution in [3.8, 4) is 0 Å². The number of carbonyl (C=O) groups is 2. The van der Waals surface area contributed by atoms with Gasteiger partial charge >= 0.3 is 6.18 Å². The summed E-state index contributed by atoms with van der Waals surface area (Å²) >= 11 is 0. The van der Waals surface area contributed by atoms with Crippen molar-refractivity contribution < 1.29 is 22.8 Å². The minimum absolute atomic E-state index is 0.0971. The summed E-state index contributed by atoms with van der Waals surface area (Å²) < 4.78 is 37.7. The van der Waals surface area contributed by atoms with Crippen LogP contribution in [0.15, 0.2) is 0 Å². The molecule has 1 saturated heterocycles. The Labute approximate surface area is 152 Å². The molecule has 4 nitrogen and oxygen atoms in total. The minimum Gasteiger partial charge on any atom is -0.345 e. The monoisotopic (exact) mass is 372 g/mol. The van der Waals surface area contributed by atoms with Crippen LogP contribution < -0.4 is 0 Å². The third-order valence-electron chi connectivity index (χ3n) is 7.05. The van der Waals surface area contributed by atoms with Gasteiger partial charge in [0, 0.05) is 26.6 Å². The molecular formula is C19H27F3N2O2. The molecule has 0 aromatic carbocycles. The van der Waals surface area contributed by atoms with Crippen LogP contribution in [0.25, 0.3) is 0 Å². The maximum absolute atomic E-state index is 12.8. The summed E-state index contributed by atoms with van der Waals surface area (Å²) in [5.41, 5.74) is 0.202. The fourth-order valence-corrected chi connectivity index (χ4v) is 6.68. The molecule has 26 heavy (non-hydrogen) atoms. The quantitative estimate of drug-likeness (QED) is 0.761. The number of rotatable bonds is 4. The molecule has 0 N–H and O–H groups in total. The van der Waals surface area contributed by atoms with Crippen molar-refractivity contribution in [3.05, 3.63) is 0 Å². The van der Waals surface area contributed by atoms with Crippen LogP contribution >= 0.6 is 0 Å². The molecule has 5 rings (SSSR count). The predicted molar refractivity (Wildman–Crippen MR) is 89.0 cm³/mol. The molecule has 4 aliphatic carbocycles. The Balaban J connectivity index is 1.37. The second kappa shape index (κ2) is 6.13. The van der Waals surface area contributed by atoms with E-state index in [2.05, 4.69) is 0 Å². The first-order valence-electron chi connectivity index (χ1n) is 9.72. The van der Waals surface area contributed by atoms with E-state index in [0.717, 1.165) is 22.7 Å². The van der Waals surface area contributed by atoms with E-state index in [1.807, 2.05) is 0 Å². The lowest BCUT2D eigenvalue weighted by Gasteiger charge is -2.57. The van der Waals surface area contributed by atoms with Crippen molar-refractivity contribution in [2.75, 3.05) is 26.7 Å². The van der Waals surface area contributed by atoms with Gasteiger partial charge in [0.05, 0.1) is 5.92 Å². The number of hydrogen-bond acceptors (Lipinski definition) is 2.